The SMILES string of the molecule is COC(=O)c1cc(N2C(=O)[C@@H]3[C@@H](C2=O)[C@H]2C=C[C@@H]3C2=C(C)C)ccc1Cl. The lowest BCUT2D eigenvalue weighted by Gasteiger charge is -2.20. The van der Waals surface area contributed by atoms with Crippen LogP contribution in [0.15, 0.2) is 41.5 Å². The molecule has 2 aliphatic carbocycles. The van der Waals surface area contributed by atoms with Crippen LogP contribution < -0.4 is 4.90 Å². The maximum Gasteiger partial charge on any atom is 0.339 e. The summed E-state index contributed by atoms with van der Waals surface area (Å²) < 4.78 is 4.72. The van der Waals surface area contributed by atoms with Crippen LogP contribution in [0.2, 0.25) is 5.02 Å². The summed E-state index contributed by atoms with van der Waals surface area (Å²) in [4.78, 5) is 39.3. The van der Waals surface area contributed by atoms with Crippen molar-refractivity contribution in [1.29, 1.82) is 0 Å². The fraction of sp³-hybridized carbons (Fsp3) is 0.350. The number of methoxy groups -OCH3 is 1. The van der Waals surface area contributed by atoms with Gasteiger partial charge in [0.05, 0.1) is 35.2 Å². The first-order chi connectivity index (χ1) is 12.4. The van der Waals surface area contributed by atoms with Crippen molar-refractivity contribution in [2.24, 2.45) is 23.7 Å². The van der Waals surface area contributed by atoms with Gasteiger partial charge in [-0.2, -0.15) is 0 Å². The highest BCUT2D eigenvalue weighted by Crippen LogP contribution is 2.57. The molecular formula is C20H18ClNO4. The molecule has 0 spiro atoms. The molecule has 0 N–H and O–H groups in total. The van der Waals surface area contributed by atoms with Crippen LogP contribution in [0.4, 0.5) is 5.69 Å². The molecule has 1 heterocycles. The highest BCUT2D eigenvalue weighted by molar-refractivity contribution is 6.34. The number of imide groups is 1. The number of carbonyl (C=O) groups is 3. The largest absolute Gasteiger partial charge is 0.465 e. The zero-order valence-corrected chi connectivity index (χ0v) is 15.4. The van der Waals surface area contributed by atoms with Crippen molar-refractivity contribution in [2.45, 2.75) is 13.8 Å². The predicted octanol–water partition coefficient (Wildman–Crippen LogP) is 3.38. The van der Waals surface area contributed by atoms with Crippen LogP contribution in [-0.4, -0.2) is 24.9 Å². The first-order valence-corrected chi connectivity index (χ1v) is 8.86. The third-order valence-corrected chi connectivity index (χ3v) is 5.94. The zero-order chi connectivity index (χ0) is 18.7. The van der Waals surface area contributed by atoms with Crippen molar-refractivity contribution in [1.82, 2.24) is 0 Å². The monoisotopic (exact) mass is 371 g/mol. The molecule has 5 nitrogen and oxygen atoms in total. The Bertz CT molecular complexity index is 878. The summed E-state index contributed by atoms with van der Waals surface area (Å²) in [5, 5.41) is 0.216. The van der Waals surface area contributed by atoms with Crippen molar-refractivity contribution in [3.8, 4) is 0 Å². The fourth-order valence-corrected chi connectivity index (χ4v) is 4.80. The standard InChI is InChI=1S/C20H18ClNO4/c1-9(2)15-11-5-6-12(15)17-16(11)18(23)22(19(17)24)10-4-7-14(21)13(8-10)20(25)26-3/h4-8,11-12,16-17H,1-3H3/t11-,12+,16-,17-/m0/s1. The van der Waals surface area contributed by atoms with Crippen LogP contribution in [0.1, 0.15) is 24.2 Å². The lowest BCUT2D eigenvalue weighted by molar-refractivity contribution is -0.122. The van der Waals surface area contributed by atoms with Crippen LogP contribution in [0.25, 0.3) is 0 Å². The average molecular weight is 372 g/mol. The van der Waals surface area contributed by atoms with Crippen molar-refractivity contribution in [3.63, 3.8) is 0 Å². The number of esters is 1. The normalized spacial score (nSPS) is 28.8. The molecule has 26 heavy (non-hydrogen) atoms. The Morgan fingerprint density at radius 3 is 2.15 bits per heavy atom. The molecule has 1 saturated heterocycles. The van der Waals surface area contributed by atoms with E-state index in [1.807, 2.05) is 26.0 Å². The van der Waals surface area contributed by atoms with E-state index in [-0.39, 0.29) is 46.1 Å². The van der Waals surface area contributed by atoms with Gasteiger partial charge in [0, 0.05) is 11.8 Å². The number of allylic oxidation sites excluding steroid dienone is 4. The minimum absolute atomic E-state index is 0.0103. The van der Waals surface area contributed by atoms with Gasteiger partial charge in [-0.25, -0.2) is 9.69 Å². The van der Waals surface area contributed by atoms with E-state index in [1.165, 1.54) is 35.3 Å². The quantitative estimate of drug-likeness (QED) is 0.454. The molecule has 2 amide bonds. The lowest BCUT2D eigenvalue weighted by atomic mass is 9.85. The summed E-state index contributed by atoms with van der Waals surface area (Å²) in [7, 11) is 1.26. The van der Waals surface area contributed by atoms with Gasteiger partial charge in [0.2, 0.25) is 11.8 Å². The Morgan fingerprint density at radius 2 is 1.65 bits per heavy atom. The van der Waals surface area contributed by atoms with Gasteiger partial charge in [-0.05, 0) is 32.0 Å². The van der Waals surface area contributed by atoms with E-state index in [4.69, 9.17) is 16.3 Å². The van der Waals surface area contributed by atoms with E-state index >= 15 is 0 Å². The Balaban J connectivity index is 1.75. The molecule has 2 bridgehead atoms. The van der Waals surface area contributed by atoms with Gasteiger partial charge in [-0.3, -0.25) is 9.59 Å². The molecule has 1 aliphatic heterocycles. The van der Waals surface area contributed by atoms with Crippen molar-refractivity contribution in [3.05, 3.63) is 52.1 Å². The summed E-state index contributed by atoms with van der Waals surface area (Å²) in [5.41, 5.74) is 2.87. The van der Waals surface area contributed by atoms with Crippen molar-refractivity contribution in [2.75, 3.05) is 12.0 Å². The number of carbonyl (C=O) groups excluding carboxylic acids is 3. The minimum atomic E-state index is -0.607. The number of ether oxygens (including phenoxy) is 1. The van der Waals surface area contributed by atoms with Crippen molar-refractivity contribution >= 4 is 35.1 Å². The fourth-order valence-electron chi connectivity index (χ4n) is 4.60. The molecule has 3 aliphatic rings. The first kappa shape index (κ1) is 17.0. The molecule has 6 heteroatoms. The third-order valence-electron chi connectivity index (χ3n) is 5.61. The van der Waals surface area contributed by atoms with E-state index in [2.05, 4.69) is 0 Å². The summed E-state index contributed by atoms with van der Waals surface area (Å²) in [6.07, 6.45) is 4.09. The minimum Gasteiger partial charge on any atom is -0.465 e. The summed E-state index contributed by atoms with van der Waals surface area (Å²) >= 11 is 6.05. The molecule has 134 valence electrons. The van der Waals surface area contributed by atoms with Crippen LogP contribution in [0.3, 0.4) is 0 Å². The van der Waals surface area contributed by atoms with Gasteiger partial charge in [-0.1, -0.05) is 34.9 Å². The van der Waals surface area contributed by atoms with E-state index in [0.29, 0.717) is 5.69 Å². The lowest BCUT2D eigenvalue weighted by Crippen LogP contribution is -2.33. The molecule has 0 radical (unpaired) electrons. The van der Waals surface area contributed by atoms with Gasteiger partial charge in [0.1, 0.15) is 0 Å². The molecule has 4 rings (SSSR count). The topological polar surface area (TPSA) is 63.7 Å². The summed E-state index contributed by atoms with van der Waals surface area (Å²) in [6.45, 7) is 4.05. The number of nitrogens with zero attached hydrogens (tertiary/aromatic N) is 1. The molecular weight excluding hydrogens is 354 g/mol. The van der Waals surface area contributed by atoms with E-state index in [9.17, 15) is 14.4 Å². The maximum absolute atomic E-state index is 13.1. The molecule has 0 aromatic heterocycles. The van der Waals surface area contributed by atoms with Crippen molar-refractivity contribution < 1.29 is 19.1 Å². The zero-order valence-electron chi connectivity index (χ0n) is 14.7. The number of anilines is 1. The third kappa shape index (κ3) is 2.13. The Hall–Kier alpha value is -2.40. The number of rotatable bonds is 2. The number of benzene rings is 1. The van der Waals surface area contributed by atoms with E-state index in [0.717, 1.165) is 0 Å². The van der Waals surface area contributed by atoms with Crippen LogP contribution in [0.5, 0.6) is 0 Å². The predicted molar refractivity (Wildman–Crippen MR) is 96.8 cm³/mol. The second kappa shape index (κ2) is 5.81. The molecule has 1 aromatic carbocycles. The molecule has 1 aromatic rings. The Labute approximate surface area is 156 Å². The number of fused-ring (bicyclic) bond motifs is 5. The van der Waals surface area contributed by atoms with E-state index < -0.39 is 5.97 Å². The summed E-state index contributed by atoms with van der Waals surface area (Å²) in [6, 6.07) is 4.54. The second-order valence-corrected chi connectivity index (χ2v) is 7.52. The highest BCUT2D eigenvalue weighted by Gasteiger charge is 2.61. The van der Waals surface area contributed by atoms with E-state index in [1.54, 1.807) is 6.07 Å². The van der Waals surface area contributed by atoms with Crippen LogP contribution in [-0.2, 0) is 14.3 Å². The van der Waals surface area contributed by atoms with Crippen LogP contribution in [0, 0.1) is 23.7 Å². The number of amides is 2. The molecule has 4 atom stereocenters. The van der Waals surface area contributed by atoms with Gasteiger partial charge < -0.3 is 4.74 Å². The van der Waals surface area contributed by atoms with Gasteiger partial charge in [0.25, 0.3) is 0 Å². The number of hydrogen-bond donors (Lipinski definition) is 0. The average Bonchev–Trinajstić information content (AvgIpc) is 3.25. The van der Waals surface area contributed by atoms with Gasteiger partial charge in [-0.15, -0.1) is 0 Å². The Morgan fingerprint density at radius 1 is 1.08 bits per heavy atom. The number of hydrogen-bond acceptors (Lipinski definition) is 4. The molecule has 1 saturated carbocycles. The summed E-state index contributed by atoms with van der Waals surface area (Å²) in [5.74, 6) is -1.78. The maximum atomic E-state index is 13.1. The van der Waals surface area contributed by atoms with Gasteiger partial charge in [0.15, 0.2) is 0 Å². The van der Waals surface area contributed by atoms with Gasteiger partial charge >= 0.3 is 5.97 Å². The molecule has 2 fully saturated rings. The highest BCUT2D eigenvalue weighted by atomic mass is 35.5. The molecule has 0 unspecified atom stereocenters. The number of halogens is 1. The first-order valence-electron chi connectivity index (χ1n) is 8.48. The van der Waals surface area contributed by atoms with Crippen LogP contribution >= 0.6 is 11.6 Å². The smallest absolute Gasteiger partial charge is 0.339 e. The second-order valence-electron chi connectivity index (χ2n) is 7.11. The Kier molecular flexibility index (Phi) is 3.81.